The van der Waals surface area contributed by atoms with E-state index >= 15 is 0 Å². The maximum Gasteiger partial charge on any atom is 0.472 e. The summed E-state index contributed by atoms with van der Waals surface area (Å²) < 4.78 is 137. The molecule has 438 valence electrons. The molecule has 0 amide bonds. The van der Waals surface area contributed by atoms with Gasteiger partial charge in [-0.05, 0) is 19.4 Å². The average Bonchev–Trinajstić information content (AvgIpc) is 3.32. The molecule has 0 aromatic rings. The molecule has 73 heavy (non-hydrogen) atoms. The number of hydrogen-bond acceptors (Lipinski definition) is 31. The Morgan fingerprint density at radius 3 is 0.986 bits per heavy atom. The summed E-state index contributed by atoms with van der Waals surface area (Å²) in [5, 5.41) is 98.1. The van der Waals surface area contributed by atoms with Gasteiger partial charge in [0, 0.05) is 0 Å². The Labute approximate surface area is 415 Å². The van der Waals surface area contributed by atoms with Gasteiger partial charge in [0.25, 0.3) is 0 Å². The number of phosphoric acid groups is 6. The Morgan fingerprint density at radius 1 is 0.411 bits per heavy atom. The Bertz CT molecular complexity index is 1820. The molecule has 1 rings (SSSR count). The van der Waals surface area contributed by atoms with Gasteiger partial charge in [-0.2, -0.15) is 0 Å². The van der Waals surface area contributed by atoms with Crippen LogP contribution in [-0.2, 0) is 91.1 Å². The van der Waals surface area contributed by atoms with Crippen molar-refractivity contribution in [2.75, 3.05) is 99.0 Å². The highest BCUT2D eigenvalue weighted by Crippen LogP contribution is 2.48. The number of phosphoric ester groups is 6. The number of ether oxygens (including phenoxy) is 2. The summed E-state index contributed by atoms with van der Waals surface area (Å²) in [5.41, 5.74) is 5.37. The van der Waals surface area contributed by atoms with Gasteiger partial charge in [0.2, 0.25) is 0 Å². The van der Waals surface area contributed by atoms with Gasteiger partial charge in [0.1, 0.15) is 61.0 Å². The van der Waals surface area contributed by atoms with Gasteiger partial charge in [0.05, 0.1) is 92.5 Å². The number of nitrogens with two attached hydrogens (primary N) is 1. The summed E-state index contributed by atoms with van der Waals surface area (Å²) >= 11 is 0. The highest BCUT2D eigenvalue weighted by atomic mass is 31.2. The smallest absolute Gasteiger partial charge is 0.394 e. The molecule has 0 bridgehead atoms. The van der Waals surface area contributed by atoms with Crippen molar-refractivity contribution in [1.29, 1.82) is 0 Å². The number of hydrogen-bond donors (Lipinski definition) is 17. The highest BCUT2D eigenvalue weighted by Gasteiger charge is 2.45. The summed E-state index contributed by atoms with van der Waals surface area (Å²) in [5.74, 6) is 0. The lowest BCUT2D eigenvalue weighted by molar-refractivity contribution is -0.314. The first-order valence-corrected chi connectivity index (χ1v) is 30.1. The Kier molecular flexibility index (Phi) is 34.1. The topological polar surface area (TPSA) is 581 Å². The summed E-state index contributed by atoms with van der Waals surface area (Å²) in [6.45, 7) is -13.1. The average molecular weight is 1200 g/mol. The van der Waals surface area contributed by atoms with Gasteiger partial charge in [-0.1, -0.05) is 12.8 Å². The fourth-order valence-corrected chi connectivity index (χ4v) is 9.49. The van der Waals surface area contributed by atoms with E-state index in [2.05, 4.69) is 49.8 Å². The molecule has 17 atom stereocenters. The number of unbranched alkanes of at least 4 members (excludes halogenated alkanes) is 3. The van der Waals surface area contributed by atoms with Gasteiger partial charge in [-0.3, -0.25) is 54.3 Å². The van der Waals surface area contributed by atoms with Crippen LogP contribution in [0.5, 0.6) is 0 Å². The molecule has 1 aliphatic heterocycles. The van der Waals surface area contributed by atoms with Gasteiger partial charge >= 0.3 is 46.9 Å². The molecule has 1 aliphatic rings. The van der Waals surface area contributed by atoms with Crippen molar-refractivity contribution in [3.05, 3.63) is 0 Å². The van der Waals surface area contributed by atoms with Crippen molar-refractivity contribution in [1.82, 2.24) is 0 Å². The summed E-state index contributed by atoms with van der Waals surface area (Å²) in [6, 6.07) is 0. The lowest BCUT2D eigenvalue weighted by Gasteiger charge is -2.40. The molecule has 37 nitrogen and oxygen atoms in total. The molecular formula is C30H67NO36P6. The first-order valence-electron chi connectivity index (χ1n) is 21.1. The van der Waals surface area contributed by atoms with Crippen molar-refractivity contribution in [3.63, 3.8) is 0 Å². The monoisotopic (exact) mass is 1200 g/mol. The first kappa shape index (κ1) is 71.2. The van der Waals surface area contributed by atoms with E-state index in [0.717, 1.165) is 12.8 Å². The molecular weight excluding hydrogens is 1140 g/mol. The maximum atomic E-state index is 12.2. The molecule has 0 saturated carbocycles. The van der Waals surface area contributed by atoms with E-state index in [1.807, 2.05) is 0 Å². The summed E-state index contributed by atoms with van der Waals surface area (Å²) in [4.78, 5) is 58.7. The molecule has 0 radical (unpaired) electrons. The zero-order valence-electron chi connectivity index (χ0n) is 38.4. The predicted octanol–water partition coefficient (Wildman–Crippen LogP) is -4.71. The first-order chi connectivity index (χ1) is 33.8. The second-order valence-corrected chi connectivity index (χ2v) is 23.7. The fraction of sp³-hybridized carbons (Fsp3) is 1.00. The van der Waals surface area contributed by atoms with E-state index in [1.54, 1.807) is 0 Å². The van der Waals surface area contributed by atoms with Gasteiger partial charge < -0.3 is 95.6 Å². The predicted molar refractivity (Wildman–Crippen MR) is 234 cm³/mol. The fourth-order valence-electron chi connectivity index (χ4n) is 4.73. The van der Waals surface area contributed by atoms with Crippen molar-refractivity contribution < 1.29 is 172 Å². The minimum atomic E-state index is -5.15. The third-order valence-corrected chi connectivity index (χ3v) is 14.2. The molecule has 0 aromatic carbocycles. The van der Waals surface area contributed by atoms with Crippen molar-refractivity contribution in [2.24, 2.45) is 5.73 Å². The minimum Gasteiger partial charge on any atom is -0.394 e. The van der Waals surface area contributed by atoms with Crippen LogP contribution in [0.2, 0.25) is 0 Å². The minimum absolute atomic E-state index is 0.130. The van der Waals surface area contributed by atoms with E-state index < -0.39 is 200 Å². The lowest BCUT2D eigenvalue weighted by atomic mass is 9.99. The summed E-state index contributed by atoms with van der Waals surface area (Å²) in [6.07, 6.45) is -17.0. The normalized spacial score (nSPS) is 26.2. The molecule has 6 unspecified atom stereocenters. The molecule has 43 heteroatoms. The van der Waals surface area contributed by atoms with Gasteiger partial charge in [-0.15, -0.1) is 0 Å². The van der Waals surface area contributed by atoms with Crippen LogP contribution in [-0.4, -0.2) is 247 Å². The Morgan fingerprint density at radius 2 is 0.699 bits per heavy atom. The van der Waals surface area contributed by atoms with E-state index in [-0.39, 0.29) is 6.61 Å². The van der Waals surface area contributed by atoms with E-state index in [1.165, 1.54) is 0 Å². The maximum absolute atomic E-state index is 12.2. The van der Waals surface area contributed by atoms with Gasteiger partial charge in [-0.25, -0.2) is 27.4 Å². The van der Waals surface area contributed by atoms with Gasteiger partial charge in [0.15, 0.2) is 6.29 Å². The van der Waals surface area contributed by atoms with Crippen LogP contribution in [0.4, 0.5) is 0 Å². The van der Waals surface area contributed by atoms with Crippen LogP contribution in [0, 0.1) is 0 Å². The molecule has 1 fully saturated rings. The summed E-state index contributed by atoms with van der Waals surface area (Å²) in [7, 11) is -30.1. The molecule has 18 N–H and O–H groups in total. The van der Waals surface area contributed by atoms with Crippen LogP contribution in [0.15, 0.2) is 0 Å². The van der Waals surface area contributed by atoms with Crippen LogP contribution in [0.3, 0.4) is 0 Å². The number of aliphatic hydroxyl groups is 10. The Hall–Kier alpha value is 0.140. The third kappa shape index (κ3) is 33.4. The third-order valence-electron chi connectivity index (χ3n) is 8.46. The van der Waals surface area contributed by atoms with E-state index in [4.69, 9.17) is 19.7 Å². The zero-order valence-corrected chi connectivity index (χ0v) is 43.7. The van der Waals surface area contributed by atoms with Crippen LogP contribution in [0.1, 0.15) is 25.7 Å². The highest BCUT2D eigenvalue weighted by molar-refractivity contribution is 7.48. The molecule has 0 aromatic heterocycles. The van der Waals surface area contributed by atoms with Crippen LogP contribution < -0.4 is 5.73 Å². The van der Waals surface area contributed by atoms with Crippen molar-refractivity contribution in [3.8, 4) is 0 Å². The SMILES string of the molecule is NCCCCCCOP(=O)(O)OC[C@H](O)COP(=O)(O)OC[C@H](O)COP(=O)(O)OC[C@H](O)COP(=O)(O)OC[C@H](O)COP(=O)(O)OC[C@H](O)COP(=O)(O)OC[C@@H](CO)O[C@H]1O[C@H](CO)[C@@H](O)[C@H](O)[C@H]1O. The largest absolute Gasteiger partial charge is 0.472 e. The molecule has 1 saturated heterocycles. The molecule has 1 heterocycles. The lowest BCUT2D eigenvalue weighted by Crippen LogP contribution is -2.60. The second kappa shape index (κ2) is 35.0. The molecule has 0 spiro atoms. The zero-order chi connectivity index (χ0) is 55.7. The quantitative estimate of drug-likeness (QED) is 0.0201. The molecule has 0 aliphatic carbocycles. The van der Waals surface area contributed by atoms with Crippen LogP contribution >= 0.6 is 46.9 Å². The van der Waals surface area contributed by atoms with Crippen molar-refractivity contribution >= 4 is 46.9 Å². The second-order valence-electron chi connectivity index (χ2n) is 15.0. The number of rotatable bonds is 44. The van der Waals surface area contributed by atoms with E-state index in [0.29, 0.717) is 19.4 Å². The number of aliphatic hydroxyl groups excluding tert-OH is 10. The Balaban J connectivity index is 2.34. The standard InChI is InChI=1S/C30H67NO36P6/c31-5-3-1-2-4-6-54-68(42,43)55-9-20(34)10-56-69(44,45)57-11-21(35)12-58-70(46,47)59-13-22(36)14-60-71(48,49)61-15-23(37)16-62-72(50,51)63-17-24(38)18-64-73(52,53)65-19-25(7-32)66-30-29(41)28(40)27(39)26(8-33)67-30/h20-30,32-41H,1-19,31H2,(H,42,43)(H,44,45)(H,46,47)(H,48,49)(H,50,51)(H,52,53)/t20-,21-,22-,23-,24-,25+,26+,27+,28-,29+,30-/m0/s1. The van der Waals surface area contributed by atoms with Crippen LogP contribution in [0.25, 0.3) is 0 Å². The van der Waals surface area contributed by atoms with E-state index in [9.17, 15) is 108 Å². The van der Waals surface area contributed by atoms with Crippen molar-refractivity contribution in [2.45, 2.75) is 93.0 Å².